The third kappa shape index (κ3) is 4.11. The van der Waals surface area contributed by atoms with Crippen LogP contribution in [-0.2, 0) is 24.5 Å². The predicted molar refractivity (Wildman–Crippen MR) is 70.4 cm³/mol. The monoisotopic (exact) mass is 341 g/mol. The number of oxime groups is 1. The largest absolute Gasteiger partial charge is 0.435 e. The van der Waals surface area contributed by atoms with Crippen LogP contribution in [0.25, 0.3) is 0 Å². The van der Waals surface area contributed by atoms with Gasteiger partial charge in [0.05, 0.1) is 5.71 Å². The van der Waals surface area contributed by atoms with Crippen molar-refractivity contribution in [3.63, 3.8) is 0 Å². The molecule has 0 atom stereocenters. The van der Waals surface area contributed by atoms with Crippen LogP contribution in [0, 0.1) is 0 Å². The van der Waals surface area contributed by atoms with Crippen LogP contribution in [0.3, 0.4) is 0 Å². The molecule has 0 spiro atoms. The van der Waals surface area contributed by atoms with Crippen molar-refractivity contribution in [2.75, 3.05) is 0 Å². The van der Waals surface area contributed by atoms with Gasteiger partial charge >= 0.3 is 12.8 Å². The highest BCUT2D eigenvalue weighted by Gasteiger charge is 2.40. The maximum Gasteiger partial charge on any atom is 0.435 e. The van der Waals surface area contributed by atoms with E-state index in [0.29, 0.717) is 16.8 Å². The Bertz CT molecular complexity index is 607. The summed E-state index contributed by atoms with van der Waals surface area (Å²) < 4.78 is 68.8. The van der Waals surface area contributed by atoms with Crippen molar-refractivity contribution in [3.8, 4) is 5.88 Å². The molecule has 130 valence electrons. The second-order valence-corrected chi connectivity index (χ2v) is 5.82. The Morgan fingerprint density at radius 2 is 1.96 bits per heavy atom. The lowest BCUT2D eigenvalue weighted by atomic mass is 9.98. The third-order valence-corrected chi connectivity index (χ3v) is 3.27. The molecule has 5 nitrogen and oxygen atoms in total. The average molecular weight is 341 g/mol. The smallest absolute Gasteiger partial charge is 0.417 e. The van der Waals surface area contributed by atoms with Crippen molar-refractivity contribution >= 4 is 5.71 Å². The summed E-state index contributed by atoms with van der Waals surface area (Å²) in [5, 5.41) is 7.08. The fraction of sp³-hybridized carbons (Fsp3) is 0.692. The number of ether oxygens (including phenoxy) is 1. The quantitative estimate of drug-likeness (QED) is 0.770. The molecule has 0 fully saturated rings. The van der Waals surface area contributed by atoms with Gasteiger partial charge in [0.1, 0.15) is 5.60 Å². The second kappa shape index (κ2) is 5.97. The Morgan fingerprint density at radius 3 is 2.43 bits per heavy atom. The van der Waals surface area contributed by atoms with E-state index in [9.17, 15) is 22.0 Å². The van der Waals surface area contributed by atoms with Crippen LogP contribution in [0.2, 0.25) is 0 Å². The molecule has 23 heavy (non-hydrogen) atoms. The van der Waals surface area contributed by atoms with E-state index >= 15 is 0 Å². The minimum Gasteiger partial charge on any atom is -0.417 e. The Balaban J connectivity index is 2.24. The molecule has 1 aliphatic heterocycles. The molecule has 2 heterocycles. The zero-order valence-electron chi connectivity index (χ0n) is 12.7. The van der Waals surface area contributed by atoms with Gasteiger partial charge in [0.25, 0.3) is 0 Å². The minimum atomic E-state index is -4.76. The molecule has 2 rings (SSSR count). The number of nitrogens with zero attached hydrogens (tertiary/aromatic N) is 3. The minimum absolute atomic E-state index is 0.137. The summed E-state index contributed by atoms with van der Waals surface area (Å²) in [5.41, 5.74) is -1.59. The van der Waals surface area contributed by atoms with E-state index in [0.717, 1.165) is 7.05 Å². The molecule has 0 aliphatic carbocycles. The number of hydrogen-bond acceptors (Lipinski definition) is 4. The molecule has 0 radical (unpaired) electrons. The first-order chi connectivity index (χ1) is 10.5. The predicted octanol–water partition coefficient (Wildman–Crippen LogP) is 3.53. The van der Waals surface area contributed by atoms with Gasteiger partial charge in [-0.15, -0.1) is 0 Å². The van der Waals surface area contributed by atoms with E-state index in [-0.39, 0.29) is 12.8 Å². The van der Waals surface area contributed by atoms with Crippen LogP contribution in [-0.4, -0.2) is 27.7 Å². The zero-order valence-corrected chi connectivity index (χ0v) is 12.7. The first-order valence-corrected chi connectivity index (χ1v) is 6.81. The molecule has 10 heteroatoms. The SMILES string of the molecule is Cn1nc(C(F)(F)F)c(CCC2=NOC(C)(C)C2)c1OC(F)F. The summed E-state index contributed by atoms with van der Waals surface area (Å²) in [6.45, 7) is 0.344. The Labute approximate surface area is 129 Å². The van der Waals surface area contributed by atoms with Gasteiger partial charge in [-0.25, -0.2) is 4.68 Å². The number of alkyl halides is 5. The normalized spacial score (nSPS) is 17.3. The second-order valence-electron chi connectivity index (χ2n) is 5.82. The molecule has 0 N–H and O–H groups in total. The first-order valence-electron chi connectivity index (χ1n) is 6.81. The van der Waals surface area contributed by atoms with Crippen LogP contribution in [0.15, 0.2) is 5.16 Å². The van der Waals surface area contributed by atoms with Crippen LogP contribution >= 0.6 is 0 Å². The molecule has 0 unspecified atom stereocenters. The van der Waals surface area contributed by atoms with Crippen molar-refractivity contribution in [3.05, 3.63) is 11.3 Å². The van der Waals surface area contributed by atoms with Gasteiger partial charge < -0.3 is 9.57 Å². The van der Waals surface area contributed by atoms with Gasteiger partial charge in [0.15, 0.2) is 5.69 Å². The number of hydrogen-bond donors (Lipinski definition) is 0. The van der Waals surface area contributed by atoms with Gasteiger partial charge in [-0.3, -0.25) is 0 Å². The van der Waals surface area contributed by atoms with Gasteiger partial charge in [0, 0.05) is 19.0 Å². The summed E-state index contributed by atoms with van der Waals surface area (Å²) >= 11 is 0. The van der Waals surface area contributed by atoms with E-state index in [1.165, 1.54) is 0 Å². The lowest BCUT2D eigenvalue weighted by Crippen LogP contribution is -2.19. The highest BCUT2D eigenvalue weighted by molar-refractivity contribution is 5.86. The fourth-order valence-electron chi connectivity index (χ4n) is 2.38. The summed E-state index contributed by atoms with van der Waals surface area (Å²) in [6, 6.07) is 0. The molecule has 0 saturated carbocycles. The summed E-state index contributed by atoms with van der Waals surface area (Å²) in [6.07, 6.45) is -4.34. The molecule has 0 saturated heterocycles. The topological polar surface area (TPSA) is 48.6 Å². The van der Waals surface area contributed by atoms with Crippen LogP contribution in [0.4, 0.5) is 22.0 Å². The van der Waals surface area contributed by atoms with E-state index in [1.807, 2.05) is 0 Å². The van der Waals surface area contributed by atoms with Crippen LogP contribution < -0.4 is 4.74 Å². The summed E-state index contributed by atoms with van der Waals surface area (Å²) in [5.74, 6) is -0.592. The van der Waals surface area contributed by atoms with E-state index < -0.39 is 35.5 Å². The highest BCUT2D eigenvalue weighted by atomic mass is 19.4. The van der Waals surface area contributed by atoms with E-state index in [2.05, 4.69) is 15.0 Å². The zero-order chi connectivity index (χ0) is 17.4. The molecule has 0 bridgehead atoms. The molecule has 1 aromatic rings. The maximum atomic E-state index is 13.0. The fourth-order valence-corrected chi connectivity index (χ4v) is 2.38. The Kier molecular flexibility index (Phi) is 4.54. The van der Waals surface area contributed by atoms with Crippen LogP contribution in [0.5, 0.6) is 5.88 Å². The summed E-state index contributed by atoms with van der Waals surface area (Å²) in [4.78, 5) is 5.13. The molecule has 0 amide bonds. The van der Waals surface area contributed by atoms with Crippen molar-refractivity contribution in [2.24, 2.45) is 12.2 Å². The number of halogens is 5. The first kappa shape index (κ1) is 17.5. The molecule has 1 aliphatic rings. The Hall–Kier alpha value is -1.87. The maximum absolute atomic E-state index is 13.0. The Morgan fingerprint density at radius 1 is 1.30 bits per heavy atom. The van der Waals surface area contributed by atoms with Gasteiger partial charge in [-0.2, -0.15) is 27.1 Å². The number of rotatable bonds is 5. The molecule has 1 aromatic heterocycles. The molecule has 0 aromatic carbocycles. The van der Waals surface area contributed by atoms with E-state index in [4.69, 9.17) is 4.84 Å². The van der Waals surface area contributed by atoms with Crippen molar-refractivity contribution < 1.29 is 31.5 Å². The van der Waals surface area contributed by atoms with Crippen molar-refractivity contribution in [1.29, 1.82) is 0 Å². The lowest BCUT2D eigenvalue weighted by Gasteiger charge is -2.13. The van der Waals surface area contributed by atoms with Gasteiger partial charge in [-0.05, 0) is 26.7 Å². The third-order valence-electron chi connectivity index (χ3n) is 3.27. The number of aromatic nitrogens is 2. The van der Waals surface area contributed by atoms with E-state index in [1.54, 1.807) is 13.8 Å². The van der Waals surface area contributed by atoms with Crippen LogP contribution in [0.1, 0.15) is 37.9 Å². The standard InChI is InChI=1S/C13H16F5N3O2/c1-12(2)6-7(20-23-12)4-5-8-9(13(16,17)18)19-21(3)10(8)22-11(14)15/h11H,4-6H2,1-3H3. The van der Waals surface area contributed by atoms with Gasteiger partial charge in [-0.1, -0.05) is 5.16 Å². The van der Waals surface area contributed by atoms with Crippen molar-refractivity contribution in [1.82, 2.24) is 9.78 Å². The number of aryl methyl sites for hydroxylation is 1. The lowest BCUT2D eigenvalue weighted by molar-refractivity contribution is -0.142. The van der Waals surface area contributed by atoms with Gasteiger partial charge in [0.2, 0.25) is 5.88 Å². The molecular weight excluding hydrogens is 325 g/mol. The summed E-state index contributed by atoms with van der Waals surface area (Å²) in [7, 11) is 1.12. The van der Waals surface area contributed by atoms with Crippen molar-refractivity contribution in [2.45, 2.75) is 51.5 Å². The average Bonchev–Trinajstić information content (AvgIpc) is 2.88. The highest BCUT2D eigenvalue weighted by Crippen LogP contribution is 2.37. The molecular formula is C13H16F5N3O2.